The zero-order chi connectivity index (χ0) is 91.1. The number of nitrogens with two attached hydrogens (primary N) is 2. The summed E-state index contributed by atoms with van der Waals surface area (Å²) < 4.78 is 43.2. The minimum absolute atomic E-state index is 0.000818. The van der Waals surface area contributed by atoms with E-state index in [1.807, 2.05) is 6.07 Å². The summed E-state index contributed by atoms with van der Waals surface area (Å²) in [5.41, 5.74) is 10.4. The molecule has 5 aliphatic heterocycles. The van der Waals surface area contributed by atoms with Crippen LogP contribution in [0.3, 0.4) is 0 Å². The summed E-state index contributed by atoms with van der Waals surface area (Å²) in [4.78, 5) is 172. The molecule has 0 unspecified atom stereocenters. The van der Waals surface area contributed by atoms with Crippen LogP contribution < -0.4 is 27.4 Å². The Hall–Kier alpha value is -12.0. The van der Waals surface area contributed by atoms with Gasteiger partial charge in [-0.2, -0.15) is 5.26 Å². The van der Waals surface area contributed by atoms with E-state index in [4.69, 9.17) is 75.7 Å². The number of amidine groups is 1. The molecule has 11 N–H and O–H groups in total. The second-order valence-corrected chi connectivity index (χ2v) is 36.6. The zero-order valence-corrected chi connectivity index (χ0v) is 72.2. The van der Waals surface area contributed by atoms with E-state index in [1.54, 1.807) is 142 Å². The van der Waals surface area contributed by atoms with E-state index >= 15 is 0 Å². The largest absolute Gasteiger partial charge is 0.480 e. The number of aliphatic carboxylic acids is 2. The normalized spacial score (nSPS) is 24.9. The van der Waals surface area contributed by atoms with Crippen molar-refractivity contribution in [3.63, 3.8) is 0 Å². The number of ketones is 1. The third kappa shape index (κ3) is 27.8. The van der Waals surface area contributed by atoms with Gasteiger partial charge in [0.25, 0.3) is 17.7 Å². The van der Waals surface area contributed by atoms with Gasteiger partial charge in [-0.1, -0.05) is 24.3 Å². The highest BCUT2D eigenvalue weighted by Crippen LogP contribution is 2.42. The van der Waals surface area contributed by atoms with Crippen LogP contribution in [0.5, 0.6) is 0 Å². The number of rotatable bonds is 18. The molecule has 0 aromatic heterocycles. The number of ether oxygens (including phenoxy) is 8. The lowest BCUT2D eigenvalue weighted by atomic mass is 9.82. The molecule has 37 heteroatoms. The second-order valence-electron chi connectivity index (χ2n) is 36.6. The lowest BCUT2D eigenvalue weighted by molar-refractivity contribution is -0.156. The molecular formula is C87H117N13O24. The Morgan fingerprint density at radius 1 is 0.419 bits per heavy atom. The smallest absolute Gasteiger partial charge is 0.411 e. The molecule has 5 heterocycles. The van der Waals surface area contributed by atoms with Gasteiger partial charge < -0.3 is 80.9 Å². The predicted octanol–water partition coefficient (Wildman–Crippen LogP) is 8.79. The van der Waals surface area contributed by atoms with Crippen molar-refractivity contribution in [3.8, 4) is 6.07 Å². The molecule has 10 fully saturated rings. The van der Waals surface area contributed by atoms with Crippen molar-refractivity contribution in [1.82, 2.24) is 40.4 Å². The number of nitrogen functional groups attached to an aromatic ring is 1. The van der Waals surface area contributed by atoms with Crippen LogP contribution in [0.25, 0.3) is 0 Å². The number of carboxylic acid groups (broad SMARTS) is 2. The number of nitrogens with zero attached hydrogens (tertiary/aromatic N) is 6. The average Bonchev–Trinajstić information content (AvgIpc) is 1.66. The Labute approximate surface area is 719 Å². The maximum atomic E-state index is 12.5. The highest BCUT2D eigenvalue weighted by atomic mass is 16.6. The number of hydrogen-bond donors (Lipinski definition) is 9. The molecule has 0 atom stereocenters. The molecule has 5 spiro atoms. The van der Waals surface area contributed by atoms with Crippen LogP contribution in [-0.2, 0) is 66.7 Å². The first-order chi connectivity index (χ1) is 58.0. The summed E-state index contributed by atoms with van der Waals surface area (Å²) in [5.74, 6) is -3.84. The van der Waals surface area contributed by atoms with Crippen molar-refractivity contribution in [1.29, 1.82) is 16.1 Å². The molecule has 674 valence electrons. The Morgan fingerprint density at radius 3 is 0.911 bits per heavy atom. The molecule has 8 amide bonds. The molecule has 5 aliphatic carbocycles. The molecule has 5 saturated carbocycles. The van der Waals surface area contributed by atoms with Crippen molar-refractivity contribution < 1.29 is 115 Å². The minimum atomic E-state index is -1.07. The van der Waals surface area contributed by atoms with Crippen molar-refractivity contribution in [2.45, 2.75) is 267 Å². The van der Waals surface area contributed by atoms with Crippen LogP contribution in [0.1, 0.15) is 245 Å². The quantitative estimate of drug-likeness (QED) is 0.0248. The lowest BCUT2D eigenvalue weighted by Crippen LogP contribution is -2.45. The number of esters is 3. The molecule has 0 radical (unpaired) electrons. The van der Waals surface area contributed by atoms with Gasteiger partial charge >= 0.3 is 60.3 Å². The maximum Gasteiger partial charge on any atom is 0.411 e. The van der Waals surface area contributed by atoms with Crippen LogP contribution in [0, 0.1) is 22.1 Å². The molecule has 13 rings (SSSR count). The average molecular weight is 1730 g/mol. The molecule has 0 bridgehead atoms. The van der Waals surface area contributed by atoms with Crippen LogP contribution >= 0.6 is 0 Å². The van der Waals surface area contributed by atoms with Crippen LogP contribution in [0.15, 0.2) is 72.8 Å². The summed E-state index contributed by atoms with van der Waals surface area (Å²) in [5, 5.41) is 50.5. The molecule has 3 aromatic carbocycles. The molecule has 10 aliphatic rings. The van der Waals surface area contributed by atoms with E-state index in [9.17, 15) is 67.1 Å². The summed E-state index contributed by atoms with van der Waals surface area (Å²) >= 11 is 0. The first kappa shape index (κ1) is 95.9. The highest BCUT2D eigenvalue weighted by Gasteiger charge is 2.53. The number of amides is 8. The van der Waals surface area contributed by atoms with Gasteiger partial charge in [-0.05, 0) is 239 Å². The Balaban J connectivity index is 0.000000177. The van der Waals surface area contributed by atoms with Gasteiger partial charge in [0.15, 0.2) is 0 Å². The zero-order valence-electron chi connectivity index (χ0n) is 72.2. The minimum Gasteiger partial charge on any atom is -0.480 e. The van der Waals surface area contributed by atoms with E-state index in [-0.39, 0.29) is 99.3 Å². The number of carbonyl (C=O) groups is 14. The van der Waals surface area contributed by atoms with E-state index < -0.39 is 105 Å². The lowest BCUT2D eigenvalue weighted by Gasteiger charge is -2.35. The standard InChI is InChI=1S/C23H31N3O5.C18H22N4O5.C18H19N3O5.C14H24N2O4.C14H21NO5/c1-15(24)16-5-7-17(8-6-16)20(28)25-18-9-11-23(12-10-18)14-26(21(29)31-23)13-19(27)30-22(2,3)4;19-15(20)11-1-3-12(4-2-11)16(25)21-13-5-7-18(8-6-13)10-22(9-14(23)24)17(26)27-18;19-9-12-1-3-13(4-2-12)16(24)20-14-5-7-18(8-6-14)11-21(10-15(22)23)17(25)26-18;1-13(2,3)19-11(17)8-16-9-14(20-12(16)18)6-4-10(15)5-7-14;1-13(2,3)19-11(17)8-15-9-14(20-12(15)18)6-4-10(16)5-7-14/h5-8,18,24H,9-14H2,1-4H3,(H,25,28);1-4,13H,5-10H2,(H3,19,20)(H,21,25)(H,23,24);1-4,14H,5-8,10-11H2,(H,20,24)(H,22,23);10H,4-9,15H2,1-3H3;4-9H2,1-3H3. The Kier molecular flexibility index (Phi) is 31.0. The van der Waals surface area contributed by atoms with Crippen LogP contribution in [-0.4, -0.2) is 265 Å². The SMILES string of the molecule is CC(=N)c1ccc(C(=O)NC2CCC3(CC2)CN(CC(=O)OC(C)(C)C)C(=O)O3)cc1.CC(C)(C)OC(=O)CN1CC2(CCC(=O)CC2)OC1=O.CC(C)(C)OC(=O)CN1CC2(CCC(N)CC2)OC1=O.N#Cc1ccc(C(=O)NC2CCC3(CC2)CN(CC(=O)O)C(=O)O3)cc1.N=C(N)c1ccc(C(=O)NC2CCC3(CC2)CN(CC(=O)O)C(=O)O3)cc1. The van der Waals surface area contributed by atoms with Gasteiger partial charge in [0.1, 0.15) is 89.2 Å². The Morgan fingerprint density at radius 2 is 0.661 bits per heavy atom. The second kappa shape index (κ2) is 40.1. The van der Waals surface area contributed by atoms with Gasteiger partial charge in [-0.25, -0.2) is 24.0 Å². The van der Waals surface area contributed by atoms with Crippen molar-refractivity contribution in [2.75, 3.05) is 65.4 Å². The highest BCUT2D eigenvalue weighted by molar-refractivity contribution is 6.00. The van der Waals surface area contributed by atoms with Crippen LogP contribution in [0.4, 0.5) is 24.0 Å². The summed E-state index contributed by atoms with van der Waals surface area (Å²) in [7, 11) is 0. The summed E-state index contributed by atoms with van der Waals surface area (Å²) in [6.07, 6.45) is 10.1. The fourth-order valence-electron chi connectivity index (χ4n) is 16.5. The van der Waals surface area contributed by atoms with Gasteiger partial charge in [-0.15, -0.1) is 0 Å². The summed E-state index contributed by atoms with van der Waals surface area (Å²) in [6.45, 7) is 18.5. The molecule has 5 saturated heterocycles. The van der Waals surface area contributed by atoms with E-state index in [2.05, 4.69) is 16.0 Å². The number of Topliss-reactive ketones (excluding diaryl/α,β-unsaturated/α-hetero) is 1. The van der Waals surface area contributed by atoms with Crippen molar-refractivity contribution in [3.05, 3.63) is 106 Å². The van der Waals surface area contributed by atoms with E-state index in [0.717, 1.165) is 31.2 Å². The van der Waals surface area contributed by atoms with Crippen LogP contribution in [0.2, 0.25) is 0 Å². The summed E-state index contributed by atoms with van der Waals surface area (Å²) in [6, 6.07) is 22.0. The number of nitrogens with one attached hydrogen (secondary N) is 5. The number of nitriles is 1. The topological polar surface area (TPSA) is 529 Å². The first-order valence-corrected chi connectivity index (χ1v) is 41.8. The Bertz CT molecular complexity index is 4500. The van der Waals surface area contributed by atoms with Gasteiger partial charge in [-0.3, -0.25) is 73.1 Å². The number of carbonyl (C=O) groups excluding carboxylic acids is 12. The van der Waals surface area contributed by atoms with Crippen molar-refractivity contribution in [2.24, 2.45) is 11.5 Å². The van der Waals surface area contributed by atoms with E-state index in [0.29, 0.717) is 156 Å². The van der Waals surface area contributed by atoms with Gasteiger partial charge in [0.05, 0.1) is 44.4 Å². The van der Waals surface area contributed by atoms with Gasteiger partial charge in [0.2, 0.25) is 0 Å². The number of hydrogen-bond acceptors (Lipinski definition) is 26. The van der Waals surface area contributed by atoms with Gasteiger partial charge in [0, 0.05) is 65.0 Å². The molecule has 124 heavy (non-hydrogen) atoms. The third-order valence-electron chi connectivity index (χ3n) is 22.7. The fourth-order valence-corrected chi connectivity index (χ4v) is 16.5. The molecule has 37 nitrogen and oxygen atoms in total. The fraction of sp³-hybridized carbons (Fsp3) is 0.598. The monoisotopic (exact) mass is 1730 g/mol. The maximum absolute atomic E-state index is 12.5. The first-order valence-electron chi connectivity index (χ1n) is 41.8. The van der Waals surface area contributed by atoms with E-state index in [1.165, 1.54) is 24.5 Å². The number of benzene rings is 3. The van der Waals surface area contributed by atoms with Crippen molar-refractivity contribution >= 4 is 95.4 Å². The number of carboxylic acids is 2. The molecular weight excluding hydrogens is 1610 g/mol. The molecule has 3 aromatic rings. The predicted molar refractivity (Wildman–Crippen MR) is 443 cm³/mol. The third-order valence-corrected chi connectivity index (χ3v) is 22.7.